The average molecular weight is 708 g/mol. The van der Waals surface area contributed by atoms with Crippen LogP contribution in [-0.4, -0.2) is 52.5 Å². The van der Waals surface area contributed by atoms with Crippen molar-refractivity contribution < 1.29 is 33.4 Å². The zero-order chi connectivity index (χ0) is 36.2. The van der Waals surface area contributed by atoms with Gasteiger partial charge in [-0.2, -0.15) is 0 Å². The number of thioether (sulfide) groups is 1. The van der Waals surface area contributed by atoms with Gasteiger partial charge in [0.05, 0.1) is 0 Å². The summed E-state index contributed by atoms with van der Waals surface area (Å²) in [7, 11) is 0. The van der Waals surface area contributed by atoms with Crippen LogP contribution in [0.4, 0.5) is 4.79 Å². The number of alkyl carbamates (subject to hydrolysis) is 1. The SMILES string of the molecule is CC(C)[C@H](NC(=O)OCc1ccccc1)C(=O)N1[C@@H](NC(=O)[C@@H](Cc2ccccc2)C(=O)C(=O)OCc2ccccc2)CS[C@@H]1c1ccccc1. The maximum atomic E-state index is 14.4. The molecular formula is C40H41N3O7S. The summed E-state index contributed by atoms with van der Waals surface area (Å²) in [6.07, 6.45) is -1.67. The van der Waals surface area contributed by atoms with E-state index in [0.29, 0.717) is 16.9 Å². The molecule has 1 aliphatic heterocycles. The Hall–Kier alpha value is -5.42. The number of esters is 1. The Balaban J connectivity index is 1.36. The summed E-state index contributed by atoms with van der Waals surface area (Å²) >= 11 is 1.44. The summed E-state index contributed by atoms with van der Waals surface area (Å²) in [4.78, 5) is 69.6. The van der Waals surface area contributed by atoms with E-state index in [1.807, 2.05) is 86.6 Å². The quantitative estimate of drug-likeness (QED) is 0.0952. The maximum Gasteiger partial charge on any atom is 0.408 e. The number of benzene rings is 4. The fourth-order valence-corrected chi connectivity index (χ4v) is 7.05. The third kappa shape index (κ3) is 10.1. The number of nitrogens with zero attached hydrogens (tertiary/aromatic N) is 1. The molecule has 4 aromatic rings. The molecular weight excluding hydrogens is 667 g/mol. The summed E-state index contributed by atoms with van der Waals surface area (Å²) in [5.41, 5.74) is 2.99. The molecule has 51 heavy (non-hydrogen) atoms. The number of hydrogen-bond donors (Lipinski definition) is 2. The molecule has 4 aromatic carbocycles. The minimum atomic E-state index is -1.42. The summed E-state index contributed by atoms with van der Waals surface area (Å²) in [5, 5.41) is 5.13. The average Bonchev–Trinajstić information content (AvgIpc) is 3.58. The van der Waals surface area contributed by atoms with Gasteiger partial charge >= 0.3 is 12.1 Å². The Bertz CT molecular complexity index is 1780. The second kappa shape index (κ2) is 18.0. The maximum absolute atomic E-state index is 14.4. The molecule has 5 rings (SSSR count). The Morgan fingerprint density at radius 3 is 1.78 bits per heavy atom. The van der Waals surface area contributed by atoms with Gasteiger partial charge in [0.1, 0.15) is 36.7 Å². The van der Waals surface area contributed by atoms with Gasteiger partial charge in [-0.05, 0) is 34.6 Å². The van der Waals surface area contributed by atoms with Crippen LogP contribution < -0.4 is 10.6 Å². The summed E-state index contributed by atoms with van der Waals surface area (Å²) in [6.45, 7) is 3.53. The number of Topliss-reactive ketones (excluding diaryl/α,β-unsaturated/α-hetero) is 1. The van der Waals surface area contributed by atoms with Crippen LogP contribution in [-0.2, 0) is 48.3 Å². The van der Waals surface area contributed by atoms with Gasteiger partial charge in [0, 0.05) is 5.75 Å². The molecule has 0 spiro atoms. The third-order valence-corrected chi connectivity index (χ3v) is 9.72. The van der Waals surface area contributed by atoms with Crippen molar-refractivity contribution in [2.24, 2.45) is 11.8 Å². The van der Waals surface area contributed by atoms with Gasteiger partial charge in [0.2, 0.25) is 11.8 Å². The molecule has 1 saturated heterocycles. The fraction of sp³-hybridized carbons (Fsp3) is 0.275. The molecule has 0 bridgehead atoms. The molecule has 10 nitrogen and oxygen atoms in total. The second-order valence-corrected chi connectivity index (χ2v) is 13.6. The normalized spacial score (nSPS) is 16.5. The summed E-state index contributed by atoms with van der Waals surface area (Å²) < 4.78 is 10.7. The van der Waals surface area contributed by atoms with Crippen molar-refractivity contribution >= 4 is 41.4 Å². The fourth-order valence-electron chi connectivity index (χ4n) is 5.68. The summed E-state index contributed by atoms with van der Waals surface area (Å²) in [5.74, 6) is -4.71. The van der Waals surface area contributed by atoms with Gasteiger partial charge in [-0.3, -0.25) is 14.4 Å². The van der Waals surface area contributed by atoms with Crippen LogP contribution >= 0.6 is 11.8 Å². The molecule has 11 heteroatoms. The molecule has 0 aliphatic carbocycles. The van der Waals surface area contributed by atoms with Gasteiger partial charge < -0.3 is 25.0 Å². The minimum absolute atomic E-state index is 0.0290. The third-order valence-electron chi connectivity index (χ3n) is 8.40. The number of carbonyl (C=O) groups excluding carboxylic acids is 5. The number of rotatable bonds is 14. The van der Waals surface area contributed by atoms with E-state index in [1.165, 1.54) is 16.7 Å². The van der Waals surface area contributed by atoms with E-state index in [-0.39, 0.29) is 25.6 Å². The van der Waals surface area contributed by atoms with E-state index in [1.54, 1.807) is 48.5 Å². The first kappa shape index (κ1) is 36.9. The number of hydrogen-bond acceptors (Lipinski definition) is 8. The van der Waals surface area contributed by atoms with Crippen LogP contribution in [0.2, 0.25) is 0 Å². The Labute approximate surface area is 301 Å². The smallest absolute Gasteiger partial charge is 0.408 e. The van der Waals surface area contributed by atoms with E-state index < -0.39 is 53.2 Å². The lowest BCUT2D eigenvalue weighted by atomic mass is 9.94. The van der Waals surface area contributed by atoms with Gasteiger partial charge in [0.15, 0.2) is 0 Å². The summed E-state index contributed by atoms with van der Waals surface area (Å²) in [6, 6.07) is 35.4. The highest BCUT2D eigenvalue weighted by molar-refractivity contribution is 7.99. The molecule has 0 aromatic heterocycles. The Kier molecular flexibility index (Phi) is 13.0. The topological polar surface area (TPSA) is 131 Å². The van der Waals surface area contributed by atoms with Crippen molar-refractivity contribution in [3.8, 4) is 0 Å². The first-order valence-electron chi connectivity index (χ1n) is 16.8. The molecule has 0 unspecified atom stereocenters. The molecule has 264 valence electrons. The van der Waals surface area contributed by atoms with Crippen molar-refractivity contribution in [3.63, 3.8) is 0 Å². The number of ether oxygens (including phenoxy) is 2. The predicted molar refractivity (Wildman–Crippen MR) is 194 cm³/mol. The van der Waals surface area contributed by atoms with E-state index in [9.17, 15) is 24.0 Å². The highest BCUT2D eigenvalue weighted by Crippen LogP contribution is 2.41. The second-order valence-electron chi connectivity index (χ2n) is 12.5. The van der Waals surface area contributed by atoms with Crippen LogP contribution in [0.1, 0.15) is 41.5 Å². The molecule has 1 aliphatic rings. The van der Waals surface area contributed by atoms with Gasteiger partial charge in [-0.1, -0.05) is 135 Å². The molecule has 0 saturated carbocycles. The lowest BCUT2D eigenvalue weighted by Gasteiger charge is -2.35. The number of amides is 3. The molecule has 0 radical (unpaired) electrons. The van der Waals surface area contributed by atoms with Crippen molar-refractivity contribution in [3.05, 3.63) is 144 Å². The van der Waals surface area contributed by atoms with E-state index in [2.05, 4.69) is 10.6 Å². The molecule has 1 fully saturated rings. The molecule has 1 heterocycles. The monoisotopic (exact) mass is 707 g/mol. The van der Waals surface area contributed by atoms with Gasteiger partial charge in [-0.25, -0.2) is 9.59 Å². The first-order chi connectivity index (χ1) is 24.7. The van der Waals surface area contributed by atoms with E-state index >= 15 is 0 Å². The predicted octanol–water partition coefficient (Wildman–Crippen LogP) is 5.83. The van der Waals surface area contributed by atoms with Crippen LogP contribution in [0.15, 0.2) is 121 Å². The van der Waals surface area contributed by atoms with Crippen LogP contribution in [0.5, 0.6) is 0 Å². The van der Waals surface area contributed by atoms with Crippen molar-refractivity contribution in [1.29, 1.82) is 0 Å². The Morgan fingerprint density at radius 1 is 0.725 bits per heavy atom. The largest absolute Gasteiger partial charge is 0.455 e. The first-order valence-corrected chi connectivity index (χ1v) is 17.8. The van der Waals surface area contributed by atoms with Crippen LogP contribution in [0.3, 0.4) is 0 Å². The number of carbonyl (C=O) groups is 5. The van der Waals surface area contributed by atoms with Gasteiger partial charge in [0.25, 0.3) is 5.78 Å². The van der Waals surface area contributed by atoms with Gasteiger partial charge in [-0.15, -0.1) is 11.8 Å². The highest BCUT2D eigenvalue weighted by Gasteiger charge is 2.44. The lowest BCUT2D eigenvalue weighted by molar-refractivity contribution is -0.158. The zero-order valence-electron chi connectivity index (χ0n) is 28.5. The van der Waals surface area contributed by atoms with Crippen molar-refractivity contribution in [2.45, 2.75) is 51.1 Å². The lowest BCUT2D eigenvalue weighted by Crippen LogP contribution is -2.58. The minimum Gasteiger partial charge on any atom is -0.455 e. The van der Waals surface area contributed by atoms with Crippen molar-refractivity contribution in [2.75, 3.05) is 5.75 Å². The molecule has 4 atom stereocenters. The van der Waals surface area contributed by atoms with Crippen molar-refractivity contribution in [1.82, 2.24) is 15.5 Å². The highest BCUT2D eigenvalue weighted by atomic mass is 32.2. The zero-order valence-corrected chi connectivity index (χ0v) is 29.3. The van der Waals surface area contributed by atoms with E-state index in [0.717, 1.165) is 11.1 Å². The van der Waals surface area contributed by atoms with E-state index in [4.69, 9.17) is 9.47 Å². The van der Waals surface area contributed by atoms with Crippen LogP contribution in [0.25, 0.3) is 0 Å². The Morgan fingerprint density at radius 2 is 1.24 bits per heavy atom. The number of nitrogens with one attached hydrogen (secondary N) is 2. The standard InChI is InChI=1S/C40H41N3O7S/c1-27(2)34(42-40(48)50-25-30-19-11-5-12-20-30)37(46)43-33(26-51-38(43)31-21-13-6-14-22-31)41-36(45)32(23-28-15-7-3-8-16-28)35(44)39(47)49-24-29-17-9-4-10-18-29/h3-22,27,32-34,38H,23-26H2,1-2H3,(H,41,45)(H,42,48)/t32-,33+,34-,38+/m0/s1. The molecule has 2 N–H and O–H groups in total. The number of ketones is 1. The molecule has 3 amide bonds. The van der Waals surface area contributed by atoms with Crippen LogP contribution in [0, 0.1) is 11.8 Å².